The van der Waals surface area contributed by atoms with Gasteiger partial charge in [0.2, 0.25) is 0 Å². The third-order valence-corrected chi connectivity index (χ3v) is 6.79. The van der Waals surface area contributed by atoms with Crippen molar-refractivity contribution < 1.29 is 9.31 Å². The lowest BCUT2D eigenvalue weighted by molar-refractivity contribution is 0.00578. The van der Waals surface area contributed by atoms with Crippen LogP contribution >= 0.6 is 0 Å². The number of hydrogen-bond donors (Lipinski definition) is 1. The van der Waals surface area contributed by atoms with Crippen LogP contribution in [0.15, 0.2) is 18.2 Å². The molecule has 6 nitrogen and oxygen atoms in total. The van der Waals surface area contributed by atoms with E-state index >= 15 is 0 Å². The van der Waals surface area contributed by atoms with Crippen LogP contribution in [0, 0.1) is 0 Å². The van der Waals surface area contributed by atoms with Gasteiger partial charge in [-0.2, -0.15) is 5.10 Å². The molecule has 158 valence electrons. The second-order valence-corrected chi connectivity index (χ2v) is 9.52. The van der Waals surface area contributed by atoms with Gasteiger partial charge in [-0.15, -0.1) is 0 Å². The molecular weight excluding hydrogens is 363 g/mol. The molecule has 0 spiro atoms. The van der Waals surface area contributed by atoms with Crippen LogP contribution in [0.4, 0.5) is 5.82 Å². The molecule has 0 unspecified atom stereocenters. The van der Waals surface area contributed by atoms with Crippen molar-refractivity contribution in [1.82, 2.24) is 14.7 Å². The maximum Gasteiger partial charge on any atom is 0.494 e. The number of anilines is 1. The number of aryl methyl sites for hydroxylation is 1. The fraction of sp³-hybridized carbons (Fsp3) is 0.682. The maximum absolute atomic E-state index is 6.21. The van der Waals surface area contributed by atoms with Crippen LogP contribution < -0.4 is 10.8 Å². The Balaban J connectivity index is 1.39. The Bertz CT molecular complexity index is 842. The zero-order chi connectivity index (χ0) is 20.6. The average molecular weight is 398 g/mol. The van der Waals surface area contributed by atoms with E-state index in [0.29, 0.717) is 0 Å². The summed E-state index contributed by atoms with van der Waals surface area (Å²) in [5.41, 5.74) is 1.47. The summed E-state index contributed by atoms with van der Waals surface area (Å²) in [6.45, 7) is 13.1. The van der Waals surface area contributed by atoms with Crippen molar-refractivity contribution in [2.45, 2.75) is 64.6 Å². The predicted octanol–water partition coefficient (Wildman–Crippen LogP) is 3.16. The van der Waals surface area contributed by atoms with E-state index in [0.717, 1.165) is 28.7 Å². The molecule has 1 aromatic carbocycles. The summed E-state index contributed by atoms with van der Waals surface area (Å²) in [6, 6.07) is 6.38. The monoisotopic (exact) mass is 398 g/mol. The number of rotatable bonds is 7. The van der Waals surface area contributed by atoms with E-state index in [1.54, 1.807) is 0 Å². The second-order valence-electron chi connectivity index (χ2n) is 9.52. The SMILES string of the molecule is Cn1nc(NCCCCN2CCCC2)c2ccc(B3OC(C)(C)C(C)(C)O3)cc21. The Hall–Kier alpha value is -1.57. The van der Waals surface area contributed by atoms with Crippen LogP contribution in [0.3, 0.4) is 0 Å². The molecule has 1 N–H and O–H groups in total. The van der Waals surface area contributed by atoms with Crippen molar-refractivity contribution in [3.8, 4) is 0 Å². The summed E-state index contributed by atoms with van der Waals surface area (Å²) in [4.78, 5) is 2.58. The number of nitrogens with zero attached hydrogens (tertiary/aromatic N) is 3. The van der Waals surface area contributed by atoms with E-state index < -0.39 is 0 Å². The third-order valence-electron chi connectivity index (χ3n) is 6.79. The van der Waals surface area contributed by atoms with Gasteiger partial charge in [0.15, 0.2) is 5.82 Å². The van der Waals surface area contributed by atoms with Gasteiger partial charge in [0.05, 0.1) is 16.7 Å². The summed E-state index contributed by atoms with van der Waals surface area (Å²) >= 11 is 0. The second kappa shape index (κ2) is 7.93. The van der Waals surface area contributed by atoms with Gasteiger partial charge in [-0.25, -0.2) is 0 Å². The highest BCUT2D eigenvalue weighted by Gasteiger charge is 2.51. The molecule has 29 heavy (non-hydrogen) atoms. The number of aromatic nitrogens is 2. The summed E-state index contributed by atoms with van der Waals surface area (Å²) < 4.78 is 14.4. The van der Waals surface area contributed by atoms with Crippen molar-refractivity contribution in [2.24, 2.45) is 7.05 Å². The molecule has 2 aromatic rings. The lowest BCUT2D eigenvalue weighted by Crippen LogP contribution is -2.41. The molecule has 1 aromatic heterocycles. The Morgan fingerprint density at radius 1 is 1.07 bits per heavy atom. The molecule has 2 fully saturated rings. The number of likely N-dealkylation sites (tertiary alicyclic amines) is 1. The van der Waals surface area contributed by atoms with E-state index in [2.05, 4.69) is 56.1 Å². The van der Waals surface area contributed by atoms with Gasteiger partial charge >= 0.3 is 7.12 Å². The molecule has 2 saturated heterocycles. The minimum atomic E-state index is -0.346. The Morgan fingerprint density at radius 2 is 1.76 bits per heavy atom. The highest BCUT2D eigenvalue weighted by molar-refractivity contribution is 6.62. The van der Waals surface area contributed by atoms with Gasteiger partial charge in [0.1, 0.15) is 0 Å². The van der Waals surface area contributed by atoms with Crippen molar-refractivity contribution >= 4 is 29.3 Å². The van der Waals surface area contributed by atoms with Crippen LogP contribution in [-0.2, 0) is 16.4 Å². The van der Waals surface area contributed by atoms with Gasteiger partial charge in [0, 0.05) is 19.0 Å². The van der Waals surface area contributed by atoms with Crippen molar-refractivity contribution in [1.29, 1.82) is 0 Å². The number of nitrogens with one attached hydrogen (secondary N) is 1. The zero-order valence-electron chi connectivity index (χ0n) is 18.6. The van der Waals surface area contributed by atoms with Crippen LogP contribution in [0.2, 0.25) is 0 Å². The van der Waals surface area contributed by atoms with E-state index in [1.807, 2.05) is 11.7 Å². The molecular formula is C22H35BN4O2. The molecule has 3 heterocycles. The fourth-order valence-corrected chi connectivity index (χ4v) is 4.20. The molecule has 7 heteroatoms. The first-order chi connectivity index (χ1) is 13.8. The molecule has 0 atom stereocenters. The van der Waals surface area contributed by atoms with Gasteiger partial charge in [-0.1, -0.05) is 6.07 Å². The van der Waals surface area contributed by atoms with Gasteiger partial charge < -0.3 is 19.5 Å². The molecule has 0 bridgehead atoms. The fourth-order valence-electron chi connectivity index (χ4n) is 4.20. The molecule has 0 saturated carbocycles. The number of fused-ring (bicyclic) bond motifs is 1. The highest BCUT2D eigenvalue weighted by atomic mass is 16.7. The van der Waals surface area contributed by atoms with Crippen LogP contribution in [0.25, 0.3) is 10.9 Å². The minimum absolute atomic E-state index is 0.332. The minimum Gasteiger partial charge on any atom is -0.399 e. The quantitative estimate of drug-likeness (QED) is 0.574. The van der Waals surface area contributed by atoms with Gasteiger partial charge in [-0.3, -0.25) is 4.68 Å². The first kappa shape index (κ1) is 20.7. The average Bonchev–Trinajstić information content (AvgIpc) is 3.33. The highest BCUT2D eigenvalue weighted by Crippen LogP contribution is 2.36. The summed E-state index contributed by atoms with van der Waals surface area (Å²) in [5.74, 6) is 0.962. The smallest absolute Gasteiger partial charge is 0.399 e. The number of hydrogen-bond acceptors (Lipinski definition) is 5. The van der Waals surface area contributed by atoms with Crippen molar-refractivity contribution in [3.63, 3.8) is 0 Å². The number of unbranched alkanes of at least 4 members (excludes halogenated alkanes) is 1. The predicted molar refractivity (Wildman–Crippen MR) is 120 cm³/mol. The Labute approximate surface area is 175 Å². The van der Waals surface area contributed by atoms with Crippen LogP contribution in [-0.4, -0.2) is 59.2 Å². The lowest BCUT2D eigenvalue weighted by Gasteiger charge is -2.32. The summed E-state index contributed by atoms with van der Waals surface area (Å²) in [5, 5.41) is 9.39. The normalized spacial score (nSPS) is 21.3. The van der Waals surface area contributed by atoms with Crippen molar-refractivity contribution in [3.05, 3.63) is 18.2 Å². The van der Waals surface area contributed by atoms with Crippen LogP contribution in [0.5, 0.6) is 0 Å². The third kappa shape index (κ3) is 4.18. The van der Waals surface area contributed by atoms with E-state index in [9.17, 15) is 0 Å². The van der Waals surface area contributed by atoms with Gasteiger partial charge in [-0.05, 0) is 90.6 Å². The van der Waals surface area contributed by atoms with E-state index in [1.165, 1.54) is 45.3 Å². The first-order valence-electron chi connectivity index (χ1n) is 11.1. The summed E-state index contributed by atoms with van der Waals surface area (Å²) in [7, 11) is 1.65. The largest absolute Gasteiger partial charge is 0.494 e. The molecule has 0 amide bonds. The molecule has 2 aliphatic rings. The van der Waals surface area contributed by atoms with Crippen LogP contribution in [0.1, 0.15) is 53.4 Å². The maximum atomic E-state index is 6.21. The lowest BCUT2D eigenvalue weighted by atomic mass is 9.79. The van der Waals surface area contributed by atoms with E-state index in [-0.39, 0.29) is 18.3 Å². The Kier molecular flexibility index (Phi) is 5.66. The molecule has 0 radical (unpaired) electrons. The van der Waals surface area contributed by atoms with E-state index in [4.69, 9.17) is 14.4 Å². The first-order valence-corrected chi connectivity index (χ1v) is 11.1. The molecule has 0 aliphatic carbocycles. The topological polar surface area (TPSA) is 51.6 Å². The van der Waals surface area contributed by atoms with Crippen molar-refractivity contribution in [2.75, 3.05) is 31.5 Å². The molecule has 2 aliphatic heterocycles. The molecule has 4 rings (SSSR count). The zero-order valence-corrected chi connectivity index (χ0v) is 18.6. The number of benzene rings is 1. The Morgan fingerprint density at radius 3 is 2.45 bits per heavy atom. The van der Waals surface area contributed by atoms with Gasteiger partial charge in [0.25, 0.3) is 0 Å². The summed E-state index contributed by atoms with van der Waals surface area (Å²) in [6.07, 6.45) is 5.14. The standard InChI is InChI=1S/C22H35BN4O2/c1-21(2)22(3,4)29-23(28-21)17-10-11-18-19(16-17)26(5)25-20(18)24-12-6-7-13-27-14-8-9-15-27/h10-11,16H,6-9,12-15H2,1-5H3,(H,24,25).